The van der Waals surface area contributed by atoms with Crippen LogP contribution in [0.2, 0.25) is 10.0 Å². The highest BCUT2D eigenvalue weighted by Crippen LogP contribution is 2.29. The third-order valence-electron chi connectivity index (χ3n) is 4.55. The van der Waals surface area contributed by atoms with Crippen LogP contribution in [0.1, 0.15) is 10.4 Å². The van der Waals surface area contributed by atoms with Crippen molar-refractivity contribution in [2.45, 2.75) is 6.61 Å². The van der Waals surface area contributed by atoms with E-state index < -0.39 is 6.61 Å². The van der Waals surface area contributed by atoms with Crippen LogP contribution >= 0.6 is 23.2 Å². The van der Waals surface area contributed by atoms with Crippen molar-refractivity contribution in [3.63, 3.8) is 0 Å². The first kappa shape index (κ1) is 22.3. The van der Waals surface area contributed by atoms with Crippen molar-refractivity contribution in [3.8, 4) is 5.75 Å². The zero-order valence-electron chi connectivity index (χ0n) is 15.8. The molecule has 0 atom stereocenters. The topological polar surface area (TPSA) is 61.9 Å². The SMILES string of the molecule is O=C(CN1CCN(C(=O)c2ccc(Cl)cc2)CC1)Nc1ccc(OC(F)F)c(Cl)c1. The Morgan fingerprint density at radius 2 is 1.70 bits per heavy atom. The Kier molecular flexibility index (Phi) is 7.47. The van der Waals surface area contributed by atoms with Crippen LogP contribution in [0.4, 0.5) is 14.5 Å². The molecule has 10 heteroatoms. The second kappa shape index (κ2) is 10.1. The summed E-state index contributed by atoms with van der Waals surface area (Å²) in [7, 11) is 0. The number of anilines is 1. The number of hydrogen-bond acceptors (Lipinski definition) is 4. The van der Waals surface area contributed by atoms with E-state index in [1.807, 2.05) is 4.90 Å². The molecule has 3 rings (SSSR count). The van der Waals surface area contributed by atoms with Gasteiger partial charge in [0.2, 0.25) is 5.91 Å². The molecule has 0 radical (unpaired) electrons. The van der Waals surface area contributed by atoms with Gasteiger partial charge >= 0.3 is 6.61 Å². The molecule has 0 aliphatic carbocycles. The van der Waals surface area contributed by atoms with Gasteiger partial charge in [-0.25, -0.2) is 0 Å². The van der Waals surface area contributed by atoms with Gasteiger partial charge in [0, 0.05) is 42.5 Å². The number of nitrogens with one attached hydrogen (secondary N) is 1. The van der Waals surface area contributed by atoms with Gasteiger partial charge in [0.1, 0.15) is 5.75 Å². The lowest BCUT2D eigenvalue weighted by Gasteiger charge is -2.34. The van der Waals surface area contributed by atoms with Crippen LogP contribution in [0, 0.1) is 0 Å². The van der Waals surface area contributed by atoms with Crippen LogP contribution in [-0.4, -0.2) is 60.9 Å². The molecule has 1 heterocycles. The first-order valence-corrected chi connectivity index (χ1v) is 9.89. The molecule has 1 N–H and O–H groups in total. The van der Waals surface area contributed by atoms with Crippen molar-refractivity contribution in [2.75, 3.05) is 38.0 Å². The Labute approximate surface area is 182 Å². The van der Waals surface area contributed by atoms with E-state index in [2.05, 4.69) is 10.1 Å². The van der Waals surface area contributed by atoms with Gasteiger partial charge in [-0.1, -0.05) is 23.2 Å². The zero-order chi connectivity index (χ0) is 21.7. The number of nitrogens with zero attached hydrogens (tertiary/aromatic N) is 2. The van der Waals surface area contributed by atoms with E-state index in [0.717, 1.165) is 0 Å². The minimum atomic E-state index is -2.98. The highest BCUT2D eigenvalue weighted by atomic mass is 35.5. The monoisotopic (exact) mass is 457 g/mol. The lowest BCUT2D eigenvalue weighted by molar-refractivity contribution is -0.117. The van der Waals surface area contributed by atoms with Gasteiger partial charge in [0.25, 0.3) is 5.91 Å². The van der Waals surface area contributed by atoms with Crippen LogP contribution in [0.5, 0.6) is 5.75 Å². The molecule has 0 aromatic heterocycles. The fourth-order valence-corrected chi connectivity index (χ4v) is 3.41. The number of rotatable bonds is 6. The molecule has 160 valence electrons. The van der Waals surface area contributed by atoms with Crippen LogP contribution in [0.3, 0.4) is 0 Å². The maximum absolute atomic E-state index is 12.5. The fraction of sp³-hybridized carbons (Fsp3) is 0.300. The predicted molar refractivity (Wildman–Crippen MR) is 111 cm³/mol. The molecule has 30 heavy (non-hydrogen) atoms. The van der Waals surface area contributed by atoms with Gasteiger partial charge in [-0.05, 0) is 42.5 Å². The zero-order valence-corrected chi connectivity index (χ0v) is 17.3. The predicted octanol–water partition coefficient (Wildman–Crippen LogP) is 3.99. The van der Waals surface area contributed by atoms with Crippen molar-refractivity contribution in [1.29, 1.82) is 0 Å². The number of piperazine rings is 1. The normalized spacial score (nSPS) is 14.6. The third kappa shape index (κ3) is 6.04. The Morgan fingerprint density at radius 1 is 1.03 bits per heavy atom. The molecule has 6 nitrogen and oxygen atoms in total. The molecule has 2 aromatic rings. The number of halogens is 4. The first-order valence-electron chi connectivity index (χ1n) is 9.13. The molecule has 0 unspecified atom stereocenters. The summed E-state index contributed by atoms with van der Waals surface area (Å²) in [6, 6.07) is 10.8. The van der Waals surface area contributed by atoms with Gasteiger partial charge in [0.15, 0.2) is 0 Å². The number of hydrogen-bond donors (Lipinski definition) is 1. The summed E-state index contributed by atoms with van der Waals surface area (Å²) in [6.07, 6.45) is 0. The molecule has 0 spiro atoms. The summed E-state index contributed by atoms with van der Waals surface area (Å²) in [4.78, 5) is 28.5. The molecule has 1 aliphatic heterocycles. The van der Waals surface area contributed by atoms with E-state index in [-0.39, 0.29) is 29.1 Å². The lowest BCUT2D eigenvalue weighted by Crippen LogP contribution is -2.50. The number of amides is 2. The average Bonchev–Trinajstić information content (AvgIpc) is 2.70. The van der Waals surface area contributed by atoms with Crippen LogP contribution < -0.4 is 10.1 Å². The number of benzene rings is 2. The standard InChI is InChI=1S/C20H19Cl2F2N3O3/c21-14-3-1-13(2-4-14)19(29)27-9-7-26(8-10-27)12-18(28)25-15-5-6-17(16(22)11-15)30-20(23)24/h1-6,11,20H,7-10,12H2,(H,25,28). The van der Waals surface area contributed by atoms with E-state index in [0.29, 0.717) is 42.5 Å². The smallest absolute Gasteiger partial charge is 0.387 e. The Balaban J connectivity index is 1.47. The van der Waals surface area contributed by atoms with Gasteiger partial charge in [0.05, 0.1) is 11.6 Å². The summed E-state index contributed by atoms with van der Waals surface area (Å²) >= 11 is 11.7. The van der Waals surface area contributed by atoms with E-state index in [4.69, 9.17) is 23.2 Å². The van der Waals surface area contributed by atoms with E-state index in [9.17, 15) is 18.4 Å². The second-order valence-electron chi connectivity index (χ2n) is 6.65. The van der Waals surface area contributed by atoms with Crippen molar-refractivity contribution >= 4 is 40.7 Å². The Bertz CT molecular complexity index is 905. The molecular formula is C20H19Cl2F2N3O3. The maximum Gasteiger partial charge on any atom is 0.387 e. The highest BCUT2D eigenvalue weighted by Gasteiger charge is 2.23. The summed E-state index contributed by atoms with van der Waals surface area (Å²) in [6.45, 7) is -0.743. The molecular weight excluding hydrogens is 439 g/mol. The number of ether oxygens (including phenoxy) is 1. The Hall–Kier alpha value is -2.42. The summed E-state index contributed by atoms with van der Waals surface area (Å²) in [5.74, 6) is -0.506. The van der Waals surface area contributed by atoms with Crippen LogP contribution in [0.15, 0.2) is 42.5 Å². The van der Waals surface area contributed by atoms with Crippen molar-refractivity contribution < 1.29 is 23.1 Å². The number of carbonyl (C=O) groups excluding carboxylic acids is 2. The van der Waals surface area contributed by atoms with E-state index in [1.165, 1.54) is 18.2 Å². The minimum Gasteiger partial charge on any atom is -0.433 e. The van der Waals surface area contributed by atoms with Crippen LogP contribution in [-0.2, 0) is 4.79 Å². The van der Waals surface area contributed by atoms with Gasteiger partial charge in [-0.15, -0.1) is 0 Å². The molecule has 2 aromatic carbocycles. The van der Waals surface area contributed by atoms with Crippen molar-refractivity contribution in [1.82, 2.24) is 9.80 Å². The average molecular weight is 458 g/mol. The minimum absolute atomic E-state index is 0.0255. The van der Waals surface area contributed by atoms with E-state index in [1.54, 1.807) is 29.2 Å². The van der Waals surface area contributed by atoms with Crippen molar-refractivity contribution in [3.05, 3.63) is 58.1 Å². The summed E-state index contributed by atoms with van der Waals surface area (Å²) in [5.41, 5.74) is 0.949. The highest BCUT2D eigenvalue weighted by molar-refractivity contribution is 6.32. The number of carbonyl (C=O) groups is 2. The molecule has 1 fully saturated rings. The molecule has 1 aliphatic rings. The van der Waals surface area contributed by atoms with Crippen molar-refractivity contribution in [2.24, 2.45) is 0 Å². The fourth-order valence-electron chi connectivity index (χ4n) is 3.06. The second-order valence-corrected chi connectivity index (χ2v) is 7.49. The first-order chi connectivity index (χ1) is 14.3. The Morgan fingerprint density at radius 3 is 2.30 bits per heavy atom. The molecule has 0 bridgehead atoms. The lowest BCUT2D eigenvalue weighted by atomic mass is 10.2. The van der Waals surface area contributed by atoms with E-state index >= 15 is 0 Å². The molecule has 1 saturated heterocycles. The summed E-state index contributed by atoms with van der Waals surface area (Å²) in [5, 5.41) is 3.22. The van der Waals surface area contributed by atoms with Gasteiger partial charge < -0.3 is 15.0 Å². The largest absolute Gasteiger partial charge is 0.433 e. The summed E-state index contributed by atoms with van der Waals surface area (Å²) < 4.78 is 28.8. The molecule has 2 amide bonds. The van der Waals surface area contributed by atoms with Crippen LogP contribution in [0.25, 0.3) is 0 Å². The maximum atomic E-state index is 12.5. The quantitative estimate of drug-likeness (QED) is 0.712. The third-order valence-corrected chi connectivity index (χ3v) is 5.10. The molecule has 0 saturated carbocycles. The number of alkyl halides is 2. The van der Waals surface area contributed by atoms with Gasteiger partial charge in [-0.3, -0.25) is 14.5 Å². The van der Waals surface area contributed by atoms with Gasteiger partial charge in [-0.2, -0.15) is 8.78 Å².